The molecule has 0 saturated heterocycles. The summed E-state index contributed by atoms with van der Waals surface area (Å²) < 4.78 is 15.4. The van der Waals surface area contributed by atoms with Gasteiger partial charge in [0.25, 0.3) is 5.91 Å². The number of carbonyl (C=O) groups is 1. The molecule has 0 N–H and O–H groups in total. The van der Waals surface area contributed by atoms with Crippen molar-refractivity contribution in [2.24, 2.45) is 0 Å². The van der Waals surface area contributed by atoms with Gasteiger partial charge < -0.3 is 19.1 Å². The van der Waals surface area contributed by atoms with Gasteiger partial charge in [0.05, 0.1) is 7.11 Å². The number of amides is 1. The van der Waals surface area contributed by atoms with Gasteiger partial charge in [0.15, 0.2) is 18.3 Å². The van der Waals surface area contributed by atoms with Crippen LogP contribution in [0, 0.1) is 0 Å². The van der Waals surface area contributed by atoms with Gasteiger partial charge in [-0.2, -0.15) is 0 Å². The van der Waals surface area contributed by atoms with Crippen molar-refractivity contribution in [3.8, 4) is 11.5 Å². The van der Waals surface area contributed by atoms with Crippen LogP contribution in [-0.2, 0) is 4.74 Å². The molecule has 0 fully saturated rings. The van der Waals surface area contributed by atoms with E-state index in [0.29, 0.717) is 30.2 Å². The Bertz CT molecular complexity index is 416. The van der Waals surface area contributed by atoms with Gasteiger partial charge in [-0.15, -0.1) is 0 Å². The number of rotatable bonds is 7. The molecule has 5 nitrogen and oxygen atoms in total. The molecule has 106 valence electrons. The van der Waals surface area contributed by atoms with Crippen molar-refractivity contribution in [2.75, 3.05) is 34.1 Å². The van der Waals surface area contributed by atoms with Gasteiger partial charge in [-0.1, -0.05) is 0 Å². The molecule has 0 aliphatic heterocycles. The minimum Gasteiger partial charge on any atom is -0.493 e. The van der Waals surface area contributed by atoms with Gasteiger partial charge in [0.2, 0.25) is 0 Å². The Labute approximate surface area is 114 Å². The summed E-state index contributed by atoms with van der Waals surface area (Å²) in [4.78, 5) is 14.0. The average molecular weight is 267 g/mol. The molecule has 1 amide bonds. The fourth-order valence-electron chi connectivity index (χ4n) is 1.74. The first-order valence-corrected chi connectivity index (χ1v) is 6.26. The Morgan fingerprint density at radius 3 is 2.37 bits per heavy atom. The highest BCUT2D eigenvalue weighted by Gasteiger charge is 2.15. The summed E-state index contributed by atoms with van der Waals surface area (Å²) in [5, 5.41) is 0. The van der Waals surface area contributed by atoms with E-state index in [1.807, 2.05) is 13.8 Å². The third-order valence-electron chi connectivity index (χ3n) is 2.79. The molecule has 0 aliphatic carbocycles. The van der Waals surface area contributed by atoms with E-state index < -0.39 is 0 Å². The summed E-state index contributed by atoms with van der Waals surface area (Å²) in [5.74, 6) is 1.06. The molecule has 0 heterocycles. The van der Waals surface area contributed by atoms with Crippen LogP contribution in [0.2, 0.25) is 0 Å². The largest absolute Gasteiger partial charge is 0.493 e. The first kappa shape index (κ1) is 15.3. The lowest BCUT2D eigenvalue weighted by molar-refractivity contribution is 0.0489. The van der Waals surface area contributed by atoms with E-state index in [2.05, 4.69) is 0 Å². The molecule has 0 bridgehead atoms. The number of carbonyl (C=O) groups excluding carboxylic acids is 1. The number of methoxy groups -OCH3 is 2. The lowest BCUT2D eigenvalue weighted by Gasteiger charge is -2.19. The predicted molar refractivity (Wildman–Crippen MR) is 72.7 cm³/mol. The van der Waals surface area contributed by atoms with E-state index in [0.717, 1.165) is 0 Å². The van der Waals surface area contributed by atoms with Crippen molar-refractivity contribution >= 4 is 5.91 Å². The quantitative estimate of drug-likeness (QED) is 0.710. The van der Waals surface area contributed by atoms with Crippen molar-refractivity contribution in [3.63, 3.8) is 0 Å². The topological polar surface area (TPSA) is 48.0 Å². The maximum Gasteiger partial charge on any atom is 0.253 e. The van der Waals surface area contributed by atoms with Crippen molar-refractivity contribution in [1.82, 2.24) is 4.90 Å². The average Bonchev–Trinajstić information content (AvgIpc) is 2.45. The summed E-state index contributed by atoms with van der Waals surface area (Å²) in [6, 6.07) is 5.14. The van der Waals surface area contributed by atoms with Crippen LogP contribution in [0.25, 0.3) is 0 Å². The smallest absolute Gasteiger partial charge is 0.253 e. The molecule has 1 aromatic carbocycles. The summed E-state index contributed by atoms with van der Waals surface area (Å²) in [6.07, 6.45) is 0. The second-order valence-electron chi connectivity index (χ2n) is 3.89. The SMILES string of the molecule is CCN(CC)C(=O)c1ccc(OC)c(OCOC)c1. The molecule has 0 aromatic heterocycles. The summed E-state index contributed by atoms with van der Waals surface area (Å²) in [7, 11) is 3.10. The molecule has 5 heteroatoms. The molecule has 19 heavy (non-hydrogen) atoms. The lowest BCUT2D eigenvalue weighted by Crippen LogP contribution is -2.30. The van der Waals surface area contributed by atoms with Crippen LogP contribution >= 0.6 is 0 Å². The third-order valence-corrected chi connectivity index (χ3v) is 2.79. The first-order chi connectivity index (χ1) is 9.17. The Morgan fingerprint density at radius 1 is 1.16 bits per heavy atom. The highest BCUT2D eigenvalue weighted by molar-refractivity contribution is 5.94. The molecule has 0 spiro atoms. The summed E-state index contributed by atoms with van der Waals surface area (Å²) in [5.41, 5.74) is 0.579. The molecular formula is C14H21NO4. The zero-order valence-electron chi connectivity index (χ0n) is 11.9. The highest BCUT2D eigenvalue weighted by Crippen LogP contribution is 2.28. The Kier molecular flexibility index (Phi) is 6.15. The second-order valence-corrected chi connectivity index (χ2v) is 3.89. The fraction of sp³-hybridized carbons (Fsp3) is 0.500. The van der Waals surface area contributed by atoms with Crippen LogP contribution < -0.4 is 9.47 Å². The standard InChI is InChI=1S/C14H21NO4/c1-5-15(6-2)14(16)11-7-8-12(18-4)13(9-11)19-10-17-3/h7-9H,5-6,10H2,1-4H3. The van der Waals surface area contributed by atoms with Gasteiger partial charge in [-0.25, -0.2) is 0 Å². The van der Waals surface area contributed by atoms with E-state index in [9.17, 15) is 4.79 Å². The Balaban J connectivity index is 2.99. The number of benzene rings is 1. The van der Waals surface area contributed by atoms with Crippen LogP contribution in [0.3, 0.4) is 0 Å². The number of ether oxygens (including phenoxy) is 3. The minimum absolute atomic E-state index is 0.0186. The van der Waals surface area contributed by atoms with E-state index in [1.54, 1.807) is 30.2 Å². The van der Waals surface area contributed by atoms with Crippen LogP contribution in [0.5, 0.6) is 11.5 Å². The lowest BCUT2D eigenvalue weighted by atomic mass is 10.1. The zero-order chi connectivity index (χ0) is 14.3. The summed E-state index contributed by atoms with van der Waals surface area (Å²) in [6.45, 7) is 5.37. The number of hydrogen-bond donors (Lipinski definition) is 0. The van der Waals surface area contributed by atoms with Crippen LogP contribution in [-0.4, -0.2) is 44.9 Å². The first-order valence-electron chi connectivity index (χ1n) is 6.26. The number of hydrogen-bond acceptors (Lipinski definition) is 4. The Hall–Kier alpha value is -1.75. The third kappa shape index (κ3) is 3.86. The monoisotopic (exact) mass is 267 g/mol. The van der Waals surface area contributed by atoms with E-state index in [-0.39, 0.29) is 12.7 Å². The van der Waals surface area contributed by atoms with Crippen molar-refractivity contribution in [2.45, 2.75) is 13.8 Å². The molecule has 0 aliphatic rings. The van der Waals surface area contributed by atoms with Crippen molar-refractivity contribution in [1.29, 1.82) is 0 Å². The van der Waals surface area contributed by atoms with Crippen molar-refractivity contribution < 1.29 is 19.0 Å². The molecule has 0 radical (unpaired) electrons. The highest BCUT2D eigenvalue weighted by atomic mass is 16.7. The zero-order valence-corrected chi connectivity index (χ0v) is 11.9. The minimum atomic E-state index is -0.0186. The normalized spacial score (nSPS) is 10.1. The molecule has 1 rings (SSSR count). The Morgan fingerprint density at radius 2 is 1.84 bits per heavy atom. The maximum atomic E-state index is 12.2. The number of nitrogens with zero attached hydrogens (tertiary/aromatic N) is 1. The van der Waals surface area contributed by atoms with Crippen molar-refractivity contribution in [3.05, 3.63) is 23.8 Å². The van der Waals surface area contributed by atoms with Gasteiger partial charge in [-0.05, 0) is 32.0 Å². The maximum absolute atomic E-state index is 12.2. The molecule has 0 unspecified atom stereocenters. The molecule has 0 atom stereocenters. The van der Waals surface area contributed by atoms with Gasteiger partial charge in [0.1, 0.15) is 0 Å². The van der Waals surface area contributed by atoms with Gasteiger partial charge in [0, 0.05) is 25.8 Å². The fourth-order valence-corrected chi connectivity index (χ4v) is 1.74. The second kappa shape index (κ2) is 7.63. The molecule has 1 aromatic rings. The summed E-state index contributed by atoms with van der Waals surface area (Å²) >= 11 is 0. The van der Waals surface area contributed by atoms with Gasteiger partial charge >= 0.3 is 0 Å². The van der Waals surface area contributed by atoms with E-state index >= 15 is 0 Å². The van der Waals surface area contributed by atoms with E-state index in [4.69, 9.17) is 14.2 Å². The van der Waals surface area contributed by atoms with Crippen LogP contribution in [0.4, 0.5) is 0 Å². The van der Waals surface area contributed by atoms with E-state index in [1.165, 1.54) is 7.11 Å². The predicted octanol–water partition coefficient (Wildman–Crippen LogP) is 2.16. The van der Waals surface area contributed by atoms with Crippen LogP contribution in [0.1, 0.15) is 24.2 Å². The van der Waals surface area contributed by atoms with Gasteiger partial charge in [-0.3, -0.25) is 4.79 Å². The van der Waals surface area contributed by atoms with Crippen LogP contribution in [0.15, 0.2) is 18.2 Å². The molecule has 0 saturated carbocycles. The molecular weight excluding hydrogens is 246 g/mol.